The second-order valence-electron chi connectivity index (χ2n) is 8.62. The molecule has 27 heavy (non-hydrogen) atoms. The van der Waals surface area contributed by atoms with Gasteiger partial charge in [-0.3, -0.25) is 14.3 Å². The Morgan fingerprint density at radius 2 is 1.81 bits per heavy atom. The minimum absolute atomic E-state index is 0.00411. The molecule has 6 heteroatoms. The Morgan fingerprint density at radius 3 is 2.33 bits per heavy atom. The smallest absolute Gasteiger partial charge is 0.245 e. The lowest BCUT2D eigenvalue weighted by atomic mass is 9.92. The van der Waals surface area contributed by atoms with Crippen molar-refractivity contribution in [3.63, 3.8) is 0 Å². The summed E-state index contributed by atoms with van der Waals surface area (Å²) in [4.78, 5) is 26.7. The van der Waals surface area contributed by atoms with E-state index < -0.39 is 0 Å². The molecule has 0 aliphatic carbocycles. The molecular weight excluding hydrogens is 340 g/mol. The van der Waals surface area contributed by atoms with E-state index in [0.717, 1.165) is 18.5 Å². The highest BCUT2D eigenvalue weighted by atomic mass is 16.2. The largest absolute Gasteiger partial charge is 0.331 e. The molecule has 1 heterocycles. The van der Waals surface area contributed by atoms with Crippen molar-refractivity contribution in [1.82, 2.24) is 14.7 Å². The quantitative estimate of drug-likeness (QED) is 0.619. The van der Waals surface area contributed by atoms with Crippen LogP contribution in [0.5, 0.6) is 0 Å². The maximum atomic E-state index is 12.5. The van der Waals surface area contributed by atoms with E-state index in [-0.39, 0.29) is 29.8 Å². The molecule has 0 aromatic carbocycles. The highest BCUT2D eigenvalue weighted by Gasteiger charge is 2.22. The van der Waals surface area contributed by atoms with Crippen molar-refractivity contribution in [2.24, 2.45) is 7.05 Å². The Bertz CT molecular complexity index is 614. The van der Waals surface area contributed by atoms with Gasteiger partial charge in [-0.05, 0) is 20.3 Å². The molecule has 0 aliphatic rings. The summed E-state index contributed by atoms with van der Waals surface area (Å²) in [6, 6.07) is 1.89. The van der Waals surface area contributed by atoms with Crippen molar-refractivity contribution >= 4 is 17.6 Å². The van der Waals surface area contributed by atoms with Crippen molar-refractivity contribution in [1.29, 1.82) is 0 Å². The van der Waals surface area contributed by atoms with E-state index in [4.69, 9.17) is 0 Å². The highest BCUT2D eigenvalue weighted by Crippen LogP contribution is 2.23. The van der Waals surface area contributed by atoms with Gasteiger partial charge in [-0.25, -0.2) is 0 Å². The summed E-state index contributed by atoms with van der Waals surface area (Å²) < 4.78 is 1.67. The lowest BCUT2D eigenvalue weighted by Crippen LogP contribution is -2.42. The summed E-state index contributed by atoms with van der Waals surface area (Å²) in [5.41, 5.74) is 0.836. The number of carbonyl (C=O) groups excluding carboxylic acids is 2. The Morgan fingerprint density at radius 1 is 1.19 bits per heavy atom. The van der Waals surface area contributed by atoms with E-state index in [1.807, 2.05) is 27.0 Å². The zero-order valence-electron chi connectivity index (χ0n) is 18.3. The highest BCUT2D eigenvalue weighted by molar-refractivity contribution is 5.94. The van der Waals surface area contributed by atoms with Crippen LogP contribution in [0.4, 0.5) is 5.82 Å². The van der Waals surface area contributed by atoms with Crippen LogP contribution < -0.4 is 5.32 Å². The molecule has 2 amide bonds. The first-order valence-corrected chi connectivity index (χ1v) is 10.2. The van der Waals surface area contributed by atoms with E-state index in [1.165, 1.54) is 19.3 Å². The van der Waals surface area contributed by atoms with Crippen LogP contribution in [0.15, 0.2) is 6.07 Å². The van der Waals surface area contributed by atoms with Crippen LogP contribution in [0.25, 0.3) is 0 Å². The second-order valence-corrected chi connectivity index (χ2v) is 8.62. The average Bonchev–Trinajstić information content (AvgIpc) is 2.93. The Labute approximate surface area is 164 Å². The average molecular weight is 379 g/mol. The topological polar surface area (TPSA) is 67.2 Å². The first-order valence-electron chi connectivity index (χ1n) is 10.2. The summed E-state index contributed by atoms with van der Waals surface area (Å²) in [7, 11) is 1.81. The fourth-order valence-electron chi connectivity index (χ4n) is 2.87. The zero-order valence-corrected chi connectivity index (χ0v) is 18.3. The van der Waals surface area contributed by atoms with E-state index in [0.29, 0.717) is 12.2 Å². The van der Waals surface area contributed by atoms with Crippen LogP contribution in [-0.2, 0) is 22.1 Å². The molecule has 0 fully saturated rings. The van der Waals surface area contributed by atoms with Gasteiger partial charge in [0.25, 0.3) is 0 Å². The Balaban J connectivity index is 2.63. The normalized spacial score (nSPS) is 11.7. The van der Waals surface area contributed by atoms with E-state index >= 15 is 0 Å². The summed E-state index contributed by atoms with van der Waals surface area (Å²) in [6.45, 7) is 12.4. The molecule has 0 bridgehead atoms. The van der Waals surface area contributed by atoms with Gasteiger partial charge < -0.3 is 10.2 Å². The summed E-state index contributed by atoms with van der Waals surface area (Å²) in [6.07, 6.45) is 6.04. The molecule has 6 nitrogen and oxygen atoms in total. The number of aryl methyl sites for hydroxylation is 1. The first-order chi connectivity index (χ1) is 12.6. The van der Waals surface area contributed by atoms with Crippen molar-refractivity contribution in [3.8, 4) is 0 Å². The van der Waals surface area contributed by atoms with Crippen LogP contribution in [0.3, 0.4) is 0 Å². The number of hydrogen-bond acceptors (Lipinski definition) is 3. The van der Waals surface area contributed by atoms with Crippen molar-refractivity contribution in [2.75, 3.05) is 11.9 Å². The molecule has 0 saturated heterocycles. The predicted octanol–water partition coefficient (Wildman–Crippen LogP) is 4.25. The number of nitrogens with one attached hydrogen (secondary N) is 1. The Kier molecular flexibility index (Phi) is 9.00. The molecule has 0 atom stereocenters. The summed E-state index contributed by atoms with van der Waals surface area (Å²) in [5.74, 6) is 0.518. The number of unbranched alkanes of at least 4 members (excludes halogenated alkanes) is 4. The van der Waals surface area contributed by atoms with Gasteiger partial charge in [0.2, 0.25) is 11.8 Å². The predicted molar refractivity (Wildman–Crippen MR) is 111 cm³/mol. The molecule has 0 spiro atoms. The van der Waals surface area contributed by atoms with E-state index in [1.54, 1.807) is 9.58 Å². The minimum atomic E-state index is -0.188. The molecular formula is C21H38N4O2. The molecule has 1 N–H and O–H groups in total. The van der Waals surface area contributed by atoms with Gasteiger partial charge in [0.1, 0.15) is 12.4 Å². The van der Waals surface area contributed by atoms with Crippen LogP contribution in [0, 0.1) is 0 Å². The molecule has 1 aromatic rings. The fourth-order valence-corrected chi connectivity index (χ4v) is 2.87. The number of amides is 2. The van der Waals surface area contributed by atoms with Gasteiger partial charge in [0.05, 0.1) is 5.69 Å². The lowest BCUT2D eigenvalue weighted by Gasteiger charge is -2.26. The molecule has 0 radical (unpaired) electrons. The third-order valence-corrected chi connectivity index (χ3v) is 4.67. The number of anilines is 1. The Hall–Kier alpha value is -1.85. The SMILES string of the molecule is CCCCCCCC(=O)N(CC(=O)Nc1cc(C(C)(C)C)nn1C)C(C)C. The molecule has 0 aliphatic heterocycles. The second kappa shape index (κ2) is 10.5. The maximum absolute atomic E-state index is 12.5. The third-order valence-electron chi connectivity index (χ3n) is 4.67. The van der Waals surface area contributed by atoms with Gasteiger partial charge in [-0.2, -0.15) is 5.10 Å². The number of aromatic nitrogens is 2. The molecule has 0 saturated carbocycles. The van der Waals surface area contributed by atoms with Crippen molar-refractivity contribution < 1.29 is 9.59 Å². The van der Waals surface area contributed by atoms with Gasteiger partial charge in [0.15, 0.2) is 0 Å². The van der Waals surface area contributed by atoms with Crippen LogP contribution in [0.2, 0.25) is 0 Å². The first kappa shape index (κ1) is 23.2. The third kappa shape index (κ3) is 7.73. The molecule has 1 aromatic heterocycles. The minimum Gasteiger partial charge on any atom is -0.331 e. The lowest BCUT2D eigenvalue weighted by molar-refractivity contribution is -0.136. The zero-order chi connectivity index (χ0) is 20.6. The number of rotatable bonds is 10. The molecule has 154 valence electrons. The van der Waals surface area contributed by atoms with Gasteiger partial charge in [0, 0.05) is 31.0 Å². The van der Waals surface area contributed by atoms with Gasteiger partial charge in [-0.1, -0.05) is 53.4 Å². The van der Waals surface area contributed by atoms with Gasteiger partial charge >= 0.3 is 0 Å². The van der Waals surface area contributed by atoms with E-state index in [9.17, 15) is 9.59 Å². The van der Waals surface area contributed by atoms with E-state index in [2.05, 4.69) is 38.1 Å². The summed E-state index contributed by atoms with van der Waals surface area (Å²) >= 11 is 0. The monoisotopic (exact) mass is 378 g/mol. The summed E-state index contributed by atoms with van der Waals surface area (Å²) in [5, 5.41) is 7.37. The van der Waals surface area contributed by atoms with Crippen molar-refractivity contribution in [3.05, 3.63) is 11.8 Å². The number of hydrogen-bond donors (Lipinski definition) is 1. The van der Waals surface area contributed by atoms with Crippen LogP contribution in [0.1, 0.15) is 85.8 Å². The fraction of sp³-hybridized carbons (Fsp3) is 0.762. The van der Waals surface area contributed by atoms with Crippen molar-refractivity contribution in [2.45, 2.75) is 91.5 Å². The molecule has 1 rings (SSSR count). The molecule has 0 unspecified atom stereocenters. The van der Waals surface area contributed by atoms with Crippen LogP contribution >= 0.6 is 0 Å². The number of nitrogens with zero attached hydrogens (tertiary/aromatic N) is 3. The van der Waals surface area contributed by atoms with Gasteiger partial charge in [-0.15, -0.1) is 0 Å². The standard InChI is InChI=1S/C21H38N4O2/c1-8-9-10-11-12-13-20(27)25(16(2)3)15-19(26)22-18-14-17(21(4,5)6)23-24(18)7/h14,16H,8-13,15H2,1-7H3,(H,22,26). The maximum Gasteiger partial charge on any atom is 0.245 e. The van der Waals surface area contributed by atoms with Crippen LogP contribution in [-0.4, -0.2) is 39.1 Å². The number of carbonyl (C=O) groups is 2.